The molecule has 0 rings (SSSR count). The largest absolute Gasteiger partial charge is 0.756 e. The summed E-state index contributed by atoms with van der Waals surface area (Å²) >= 11 is 0. The number of phosphoric acid groups is 1. The standard InChI is InChI=1S/C67H132NO8P/c1-6-8-10-12-14-16-18-20-22-23-24-25-26-27-28-29-30-31-32-33-34-35-36-37-38-39-40-41-42-43-44-45-46-48-49-51-53-55-57-59-66(69)73-63-65(64-75-77(71,72)74-62-61-68(3,4)5)76-67(70)60-58-56-54-52-50-47-21-19-17-15-13-11-9-7-2/h19,21,65H,6-18,20,22-64H2,1-5H3/b21-19-. The van der Waals surface area contributed by atoms with Crippen molar-refractivity contribution in [2.45, 2.75) is 360 Å². The van der Waals surface area contributed by atoms with E-state index in [4.69, 9.17) is 18.5 Å². The lowest BCUT2D eigenvalue weighted by atomic mass is 10.0. The zero-order valence-electron chi connectivity index (χ0n) is 52.2. The van der Waals surface area contributed by atoms with Crippen molar-refractivity contribution in [2.24, 2.45) is 0 Å². The van der Waals surface area contributed by atoms with E-state index >= 15 is 0 Å². The van der Waals surface area contributed by atoms with Crippen molar-refractivity contribution >= 4 is 19.8 Å². The van der Waals surface area contributed by atoms with Crippen LogP contribution in [0, 0.1) is 0 Å². The lowest BCUT2D eigenvalue weighted by Crippen LogP contribution is -2.37. The Kier molecular flexibility index (Phi) is 58.4. The number of unbranched alkanes of at least 4 members (excludes halogenated alkanes) is 48. The molecule has 0 aromatic carbocycles. The van der Waals surface area contributed by atoms with E-state index in [-0.39, 0.29) is 32.0 Å². The van der Waals surface area contributed by atoms with E-state index in [0.29, 0.717) is 17.4 Å². The Morgan fingerprint density at radius 1 is 0.390 bits per heavy atom. The summed E-state index contributed by atoms with van der Waals surface area (Å²) in [4.78, 5) is 37.8. The first-order valence-electron chi connectivity index (χ1n) is 33.9. The van der Waals surface area contributed by atoms with Gasteiger partial charge in [0.1, 0.15) is 19.8 Å². The predicted molar refractivity (Wildman–Crippen MR) is 328 cm³/mol. The van der Waals surface area contributed by atoms with Crippen LogP contribution in [0.1, 0.15) is 354 Å². The average Bonchev–Trinajstić information content (AvgIpc) is 3.39. The maximum absolute atomic E-state index is 12.8. The monoisotopic (exact) mass is 1110 g/mol. The maximum Gasteiger partial charge on any atom is 0.306 e. The fourth-order valence-electron chi connectivity index (χ4n) is 10.3. The molecule has 0 radical (unpaired) electrons. The van der Waals surface area contributed by atoms with Crippen molar-refractivity contribution in [3.05, 3.63) is 12.2 Å². The molecule has 0 saturated heterocycles. The van der Waals surface area contributed by atoms with E-state index in [2.05, 4.69) is 26.0 Å². The van der Waals surface area contributed by atoms with Crippen LogP contribution in [0.3, 0.4) is 0 Å². The van der Waals surface area contributed by atoms with Gasteiger partial charge in [-0.1, -0.05) is 315 Å². The molecule has 0 spiro atoms. The Hall–Kier alpha value is -1.25. The summed E-state index contributed by atoms with van der Waals surface area (Å²) in [5.41, 5.74) is 0. The van der Waals surface area contributed by atoms with Gasteiger partial charge in [-0.3, -0.25) is 14.2 Å². The first-order valence-corrected chi connectivity index (χ1v) is 35.4. The SMILES string of the molecule is CCCCCCC/C=C\CCCCCCCC(=O)OC(COC(=O)CCCCCCCCCCCCCCCCCCCCCCCCCCCCCCCCCCCCCCCCC)COP(=O)([O-])OCC[N+](C)(C)C. The number of hydrogen-bond acceptors (Lipinski definition) is 8. The highest BCUT2D eigenvalue weighted by Crippen LogP contribution is 2.38. The summed E-state index contributed by atoms with van der Waals surface area (Å²) in [6.07, 6.45) is 71.8. The van der Waals surface area contributed by atoms with Crippen LogP contribution in [0.5, 0.6) is 0 Å². The highest BCUT2D eigenvalue weighted by atomic mass is 31.2. The second-order valence-corrected chi connectivity index (χ2v) is 26.0. The third kappa shape index (κ3) is 63.8. The van der Waals surface area contributed by atoms with Gasteiger partial charge in [0.05, 0.1) is 27.7 Å². The Morgan fingerprint density at radius 2 is 0.662 bits per heavy atom. The molecule has 0 aliphatic carbocycles. The molecule has 9 nitrogen and oxygen atoms in total. The molecule has 0 bridgehead atoms. The molecule has 10 heteroatoms. The van der Waals surface area contributed by atoms with Gasteiger partial charge in [0, 0.05) is 12.8 Å². The number of esters is 2. The molecular weight excluding hydrogens is 978 g/mol. The highest BCUT2D eigenvalue weighted by molar-refractivity contribution is 7.45. The second kappa shape index (κ2) is 59.4. The molecule has 0 aliphatic heterocycles. The molecule has 0 N–H and O–H groups in total. The minimum Gasteiger partial charge on any atom is -0.756 e. The summed E-state index contributed by atoms with van der Waals surface area (Å²) in [5.74, 6) is -0.825. The van der Waals surface area contributed by atoms with Crippen LogP contribution < -0.4 is 4.89 Å². The number of quaternary nitrogens is 1. The minimum atomic E-state index is -4.63. The number of allylic oxidation sites excluding steroid dienone is 2. The van der Waals surface area contributed by atoms with Gasteiger partial charge in [-0.15, -0.1) is 0 Å². The molecule has 77 heavy (non-hydrogen) atoms. The smallest absolute Gasteiger partial charge is 0.306 e. The van der Waals surface area contributed by atoms with E-state index < -0.39 is 26.5 Å². The second-order valence-electron chi connectivity index (χ2n) is 24.6. The van der Waals surface area contributed by atoms with Crippen molar-refractivity contribution in [3.63, 3.8) is 0 Å². The fraction of sp³-hybridized carbons (Fsp3) is 0.940. The number of hydrogen-bond donors (Lipinski definition) is 0. The maximum atomic E-state index is 12.8. The van der Waals surface area contributed by atoms with Crippen molar-refractivity contribution in [3.8, 4) is 0 Å². The van der Waals surface area contributed by atoms with Crippen LogP contribution in [0.4, 0.5) is 0 Å². The predicted octanol–water partition coefficient (Wildman–Crippen LogP) is 20.9. The van der Waals surface area contributed by atoms with Crippen molar-refractivity contribution < 1.29 is 42.1 Å². The summed E-state index contributed by atoms with van der Waals surface area (Å²) in [6.45, 7) is 4.28. The van der Waals surface area contributed by atoms with E-state index in [1.54, 1.807) is 0 Å². The first-order chi connectivity index (χ1) is 37.5. The minimum absolute atomic E-state index is 0.0288. The molecule has 0 aromatic heterocycles. The summed E-state index contributed by atoms with van der Waals surface area (Å²) < 4.78 is 34.2. The molecule has 0 aromatic rings. The van der Waals surface area contributed by atoms with Gasteiger partial charge in [-0.2, -0.15) is 0 Å². The Labute approximate surface area is 479 Å². The van der Waals surface area contributed by atoms with Crippen molar-refractivity contribution in [1.29, 1.82) is 0 Å². The number of rotatable bonds is 64. The number of nitrogens with zero attached hydrogens (tertiary/aromatic N) is 1. The van der Waals surface area contributed by atoms with E-state index in [1.807, 2.05) is 21.1 Å². The summed E-state index contributed by atoms with van der Waals surface area (Å²) in [7, 11) is 1.18. The van der Waals surface area contributed by atoms with E-state index in [9.17, 15) is 19.0 Å². The van der Waals surface area contributed by atoms with Gasteiger partial charge in [-0.05, 0) is 38.5 Å². The van der Waals surface area contributed by atoms with Crippen molar-refractivity contribution in [2.75, 3.05) is 47.5 Å². The van der Waals surface area contributed by atoms with Gasteiger partial charge >= 0.3 is 11.9 Å². The van der Waals surface area contributed by atoms with Crippen molar-refractivity contribution in [1.82, 2.24) is 0 Å². The summed E-state index contributed by atoms with van der Waals surface area (Å²) in [5, 5.41) is 0. The zero-order chi connectivity index (χ0) is 56.3. The first kappa shape index (κ1) is 75.8. The molecular formula is C67H132NO8P. The van der Waals surface area contributed by atoms with E-state index in [0.717, 1.165) is 51.4 Å². The van der Waals surface area contributed by atoms with Gasteiger partial charge in [-0.25, -0.2) is 0 Å². The number of ether oxygens (including phenoxy) is 2. The number of likely N-dealkylation sites (N-methyl/N-ethyl adjacent to an activating group) is 1. The zero-order valence-corrected chi connectivity index (χ0v) is 53.1. The van der Waals surface area contributed by atoms with Crippen LogP contribution in [-0.4, -0.2) is 70.0 Å². The van der Waals surface area contributed by atoms with Gasteiger partial charge in [0.15, 0.2) is 6.10 Å². The molecule has 0 saturated carbocycles. The Bertz CT molecular complexity index is 1300. The molecule has 0 heterocycles. The number of carbonyl (C=O) groups excluding carboxylic acids is 2. The van der Waals surface area contributed by atoms with Gasteiger partial charge < -0.3 is 27.9 Å². The van der Waals surface area contributed by atoms with Gasteiger partial charge in [0.2, 0.25) is 0 Å². The van der Waals surface area contributed by atoms with Gasteiger partial charge in [0.25, 0.3) is 7.82 Å². The normalized spacial score (nSPS) is 13.2. The van der Waals surface area contributed by atoms with Crippen LogP contribution in [0.15, 0.2) is 12.2 Å². The van der Waals surface area contributed by atoms with Crippen LogP contribution in [0.25, 0.3) is 0 Å². The lowest BCUT2D eigenvalue weighted by molar-refractivity contribution is -0.870. The third-order valence-electron chi connectivity index (χ3n) is 15.5. The van der Waals surface area contributed by atoms with Crippen LogP contribution in [0.2, 0.25) is 0 Å². The number of carbonyl (C=O) groups is 2. The van der Waals surface area contributed by atoms with Crippen LogP contribution >= 0.6 is 7.82 Å². The third-order valence-corrected chi connectivity index (χ3v) is 16.5. The number of phosphoric ester groups is 1. The summed E-state index contributed by atoms with van der Waals surface area (Å²) in [6, 6.07) is 0. The highest BCUT2D eigenvalue weighted by Gasteiger charge is 2.22. The topological polar surface area (TPSA) is 111 Å². The molecule has 0 amide bonds. The quantitative estimate of drug-likeness (QED) is 0.0195. The molecule has 0 fully saturated rings. The van der Waals surface area contributed by atoms with Crippen LogP contribution in [-0.2, 0) is 32.7 Å². The molecule has 2 unspecified atom stereocenters. The molecule has 2 atom stereocenters. The fourth-order valence-corrected chi connectivity index (χ4v) is 11.0. The molecule has 0 aliphatic rings. The molecule has 458 valence electrons. The average molecular weight is 1110 g/mol. The van der Waals surface area contributed by atoms with E-state index in [1.165, 1.54) is 270 Å². The Morgan fingerprint density at radius 3 is 0.961 bits per heavy atom. The Balaban J connectivity index is 3.81. The lowest BCUT2D eigenvalue weighted by Gasteiger charge is -2.28.